The van der Waals surface area contributed by atoms with Crippen LogP contribution < -0.4 is 0 Å². The molecule has 1 aliphatic rings. The molecule has 7 heteroatoms. The molecule has 0 unspecified atom stereocenters. The summed E-state index contributed by atoms with van der Waals surface area (Å²) >= 11 is 0. The summed E-state index contributed by atoms with van der Waals surface area (Å²) in [6.07, 6.45) is 1.52. The fourth-order valence-electron chi connectivity index (χ4n) is 3.19. The Labute approximate surface area is 140 Å². The van der Waals surface area contributed by atoms with Gasteiger partial charge in [0.05, 0.1) is 15.9 Å². The van der Waals surface area contributed by atoms with E-state index in [-0.39, 0.29) is 16.6 Å². The molecule has 1 saturated heterocycles. The number of hydrogen-bond acceptors (Lipinski definition) is 4. The van der Waals surface area contributed by atoms with Crippen LogP contribution in [0.3, 0.4) is 0 Å². The third kappa shape index (κ3) is 2.92. The minimum Gasteiger partial charge on any atom is -0.258 e. The van der Waals surface area contributed by atoms with Crippen LogP contribution in [-0.2, 0) is 10.0 Å². The van der Waals surface area contributed by atoms with Crippen molar-refractivity contribution in [3.05, 3.63) is 69.8 Å². The predicted octanol–water partition coefficient (Wildman–Crippen LogP) is 3.43. The number of nitro benzene ring substituents is 1. The Bertz CT molecular complexity index is 880. The normalized spacial score (nSPS) is 18.6. The molecule has 1 fully saturated rings. The van der Waals surface area contributed by atoms with Crippen LogP contribution in [0.2, 0.25) is 0 Å². The Morgan fingerprint density at radius 2 is 1.92 bits per heavy atom. The Morgan fingerprint density at radius 1 is 1.17 bits per heavy atom. The highest BCUT2D eigenvalue weighted by molar-refractivity contribution is 7.89. The molecule has 0 bridgehead atoms. The average Bonchev–Trinajstić information content (AvgIpc) is 3.05. The molecule has 2 aromatic rings. The van der Waals surface area contributed by atoms with Gasteiger partial charge in [0.1, 0.15) is 0 Å². The standard InChI is InChI=1S/C17H18N2O4S/c1-13-6-2-3-9-16(13)17-10-5-11-18(17)24(22,23)15-8-4-7-14(12-15)19(20)21/h2-4,6-9,12,17H,5,10-11H2,1H3/t17-/m0/s1. The number of benzene rings is 2. The lowest BCUT2D eigenvalue weighted by Gasteiger charge is -2.25. The zero-order chi connectivity index (χ0) is 17.3. The molecule has 0 spiro atoms. The number of rotatable bonds is 4. The lowest BCUT2D eigenvalue weighted by molar-refractivity contribution is -0.385. The van der Waals surface area contributed by atoms with Crippen molar-refractivity contribution >= 4 is 15.7 Å². The second-order valence-corrected chi connectivity index (χ2v) is 7.78. The molecule has 1 atom stereocenters. The fourth-order valence-corrected chi connectivity index (χ4v) is 4.91. The van der Waals surface area contributed by atoms with Gasteiger partial charge in [-0.15, -0.1) is 0 Å². The lowest BCUT2D eigenvalue weighted by atomic mass is 10.0. The highest BCUT2D eigenvalue weighted by atomic mass is 32.2. The van der Waals surface area contributed by atoms with E-state index in [2.05, 4.69) is 0 Å². The van der Waals surface area contributed by atoms with Crippen LogP contribution in [0.15, 0.2) is 53.4 Å². The van der Waals surface area contributed by atoms with Crippen LogP contribution in [0, 0.1) is 17.0 Å². The number of nitrogens with zero attached hydrogens (tertiary/aromatic N) is 2. The molecule has 24 heavy (non-hydrogen) atoms. The van der Waals surface area contributed by atoms with Crippen molar-refractivity contribution in [2.45, 2.75) is 30.7 Å². The molecule has 0 aliphatic carbocycles. The largest absolute Gasteiger partial charge is 0.270 e. The third-order valence-electron chi connectivity index (χ3n) is 4.39. The maximum atomic E-state index is 13.0. The van der Waals surface area contributed by atoms with E-state index in [1.165, 1.54) is 22.5 Å². The zero-order valence-corrected chi connectivity index (χ0v) is 14.1. The summed E-state index contributed by atoms with van der Waals surface area (Å²) in [6, 6.07) is 12.7. The average molecular weight is 346 g/mol. The minimum absolute atomic E-state index is 0.0304. The van der Waals surface area contributed by atoms with Crippen molar-refractivity contribution in [1.29, 1.82) is 0 Å². The lowest BCUT2D eigenvalue weighted by Crippen LogP contribution is -2.31. The third-order valence-corrected chi connectivity index (χ3v) is 6.29. The molecular weight excluding hydrogens is 328 g/mol. The molecule has 0 saturated carbocycles. The first-order valence-corrected chi connectivity index (χ1v) is 9.17. The first kappa shape index (κ1) is 16.6. The van der Waals surface area contributed by atoms with E-state index < -0.39 is 14.9 Å². The van der Waals surface area contributed by atoms with Crippen molar-refractivity contribution in [1.82, 2.24) is 4.31 Å². The van der Waals surface area contributed by atoms with Gasteiger partial charge in [-0.1, -0.05) is 30.3 Å². The van der Waals surface area contributed by atoms with Crippen LogP contribution in [0.25, 0.3) is 0 Å². The van der Waals surface area contributed by atoms with Gasteiger partial charge in [-0.2, -0.15) is 4.31 Å². The number of nitro groups is 1. The van der Waals surface area contributed by atoms with Crippen molar-refractivity contribution < 1.29 is 13.3 Å². The van der Waals surface area contributed by atoms with Crippen LogP contribution in [0.4, 0.5) is 5.69 Å². The molecule has 0 radical (unpaired) electrons. The van der Waals surface area contributed by atoms with Gasteiger partial charge in [0, 0.05) is 18.7 Å². The van der Waals surface area contributed by atoms with Crippen LogP contribution in [0.1, 0.15) is 30.0 Å². The Kier molecular flexibility index (Phi) is 4.38. The molecular formula is C17H18N2O4S. The van der Waals surface area contributed by atoms with E-state index in [1.807, 2.05) is 31.2 Å². The summed E-state index contributed by atoms with van der Waals surface area (Å²) in [6.45, 7) is 2.38. The van der Waals surface area contributed by atoms with Gasteiger partial charge in [0.25, 0.3) is 5.69 Å². The van der Waals surface area contributed by atoms with Gasteiger partial charge in [0.15, 0.2) is 0 Å². The van der Waals surface area contributed by atoms with Crippen LogP contribution >= 0.6 is 0 Å². The topological polar surface area (TPSA) is 80.5 Å². The molecule has 0 N–H and O–H groups in total. The van der Waals surface area contributed by atoms with Crippen molar-refractivity contribution in [2.24, 2.45) is 0 Å². The van der Waals surface area contributed by atoms with Crippen molar-refractivity contribution in [2.75, 3.05) is 6.54 Å². The number of sulfonamides is 1. The molecule has 6 nitrogen and oxygen atoms in total. The molecule has 126 valence electrons. The quantitative estimate of drug-likeness (QED) is 0.627. The van der Waals surface area contributed by atoms with Crippen LogP contribution in [0.5, 0.6) is 0 Å². The first-order chi connectivity index (χ1) is 11.4. The van der Waals surface area contributed by atoms with Crippen LogP contribution in [-0.4, -0.2) is 24.2 Å². The van der Waals surface area contributed by atoms with Gasteiger partial charge in [-0.25, -0.2) is 8.42 Å². The van der Waals surface area contributed by atoms with Gasteiger partial charge in [-0.3, -0.25) is 10.1 Å². The van der Waals surface area contributed by atoms with E-state index in [0.29, 0.717) is 6.54 Å². The minimum atomic E-state index is -3.78. The SMILES string of the molecule is Cc1ccccc1[C@@H]1CCCN1S(=O)(=O)c1cccc([N+](=O)[O-])c1. The highest BCUT2D eigenvalue weighted by Gasteiger charge is 2.37. The number of hydrogen-bond donors (Lipinski definition) is 0. The molecule has 2 aromatic carbocycles. The van der Waals surface area contributed by atoms with Gasteiger partial charge in [-0.05, 0) is 37.0 Å². The van der Waals surface area contributed by atoms with Crippen molar-refractivity contribution in [3.63, 3.8) is 0 Å². The highest BCUT2D eigenvalue weighted by Crippen LogP contribution is 2.38. The molecule has 3 rings (SSSR count). The number of non-ortho nitro benzene ring substituents is 1. The Balaban J connectivity index is 2.01. The monoisotopic (exact) mass is 346 g/mol. The van der Waals surface area contributed by atoms with E-state index in [9.17, 15) is 18.5 Å². The Morgan fingerprint density at radius 3 is 2.62 bits per heavy atom. The zero-order valence-electron chi connectivity index (χ0n) is 13.3. The summed E-state index contributed by atoms with van der Waals surface area (Å²) in [4.78, 5) is 10.3. The molecule has 1 heterocycles. The van der Waals surface area contributed by atoms with E-state index in [1.54, 1.807) is 0 Å². The fraction of sp³-hybridized carbons (Fsp3) is 0.294. The maximum Gasteiger partial charge on any atom is 0.270 e. The summed E-state index contributed by atoms with van der Waals surface area (Å²) < 4.78 is 27.5. The molecule has 1 aliphatic heterocycles. The van der Waals surface area contributed by atoms with E-state index in [4.69, 9.17) is 0 Å². The Hall–Kier alpha value is -2.25. The van der Waals surface area contributed by atoms with E-state index >= 15 is 0 Å². The van der Waals surface area contributed by atoms with Gasteiger partial charge in [0.2, 0.25) is 10.0 Å². The van der Waals surface area contributed by atoms with Gasteiger partial charge >= 0.3 is 0 Å². The molecule has 0 aromatic heterocycles. The second-order valence-electron chi connectivity index (χ2n) is 5.88. The predicted molar refractivity (Wildman–Crippen MR) is 90.1 cm³/mol. The van der Waals surface area contributed by atoms with Crippen molar-refractivity contribution in [3.8, 4) is 0 Å². The number of aryl methyl sites for hydroxylation is 1. The smallest absolute Gasteiger partial charge is 0.258 e. The summed E-state index contributed by atoms with van der Waals surface area (Å²) in [7, 11) is -3.78. The summed E-state index contributed by atoms with van der Waals surface area (Å²) in [5, 5.41) is 10.9. The maximum absolute atomic E-state index is 13.0. The summed E-state index contributed by atoms with van der Waals surface area (Å²) in [5.41, 5.74) is 1.82. The second kappa shape index (κ2) is 6.33. The van der Waals surface area contributed by atoms with Gasteiger partial charge < -0.3 is 0 Å². The summed E-state index contributed by atoms with van der Waals surface area (Å²) in [5.74, 6) is 0. The van der Waals surface area contributed by atoms with E-state index in [0.717, 1.165) is 30.0 Å². The first-order valence-electron chi connectivity index (χ1n) is 7.73. The molecule has 0 amide bonds.